The van der Waals surface area contributed by atoms with Crippen LogP contribution >= 0.6 is 11.3 Å². The lowest BCUT2D eigenvalue weighted by Crippen LogP contribution is -2.23. The number of aromatic nitrogens is 4. The highest BCUT2D eigenvalue weighted by Crippen LogP contribution is 2.36. The molecule has 24 heavy (non-hydrogen) atoms. The second kappa shape index (κ2) is 6.32. The van der Waals surface area contributed by atoms with Crippen molar-refractivity contribution in [1.82, 2.24) is 19.9 Å². The smallest absolute Gasteiger partial charge is 0.232 e. The molecule has 1 saturated heterocycles. The largest absolute Gasteiger partial charge is 0.476 e. The monoisotopic (exact) mass is 341 g/mol. The van der Waals surface area contributed by atoms with Crippen LogP contribution in [0.5, 0.6) is 5.88 Å². The maximum absolute atomic E-state index is 5.76. The average molecular weight is 341 g/mol. The third kappa shape index (κ3) is 2.80. The zero-order chi connectivity index (χ0) is 16.5. The molecule has 0 radical (unpaired) electrons. The van der Waals surface area contributed by atoms with Gasteiger partial charge in [-0.1, -0.05) is 0 Å². The molecule has 1 aliphatic rings. The van der Waals surface area contributed by atoms with Gasteiger partial charge in [0.15, 0.2) is 0 Å². The second-order valence-corrected chi connectivity index (χ2v) is 7.32. The van der Waals surface area contributed by atoms with Crippen LogP contribution in [0.15, 0.2) is 24.9 Å². The van der Waals surface area contributed by atoms with E-state index in [1.54, 1.807) is 36.3 Å². The van der Waals surface area contributed by atoms with Crippen molar-refractivity contribution >= 4 is 27.4 Å². The quantitative estimate of drug-likeness (QED) is 0.727. The maximum atomic E-state index is 5.76. The Bertz CT molecular complexity index is 851. The Morgan fingerprint density at radius 2 is 2.17 bits per heavy atom. The highest BCUT2D eigenvalue weighted by molar-refractivity contribution is 7.18. The molecule has 3 aromatic heterocycles. The summed E-state index contributed by atoms with van der Waals surface area (Å²) in [4.78, 5) is 21.9. The molecule has 3 aromatic rings. The SMILES string of the molecule is Cc1sc2ncnc(N3CCC(COc4cnccn4)C3)c2c1C. The number of ether oxygens (including phenoxy) is 1. The summed E-state index contributed by atoms with van der Waals surface area (Å²) in [6.45, 7) is 6.90. The number of thiophene rings is 1. The Morgan fingerprint density at radius 3 is 3.00 bits per heavy atom. The number of aryl methyl sites for hydroxylation is 2. The fourth-order valence-corrected chi connectivity index (χ4v) is 4.12. The van der Waals surface area contributed by atoms with Crippen LogP contribution in [0, 0.1) is 19.8 Å². The van der Waals surface area contributed by atoms with Gasteiger partial charge in [0.25, 0.3) is 0 Å². The first-order valence-corrected chi connectivity index (χ1v) is 8.88. The van der Waals surface area contributed by atoms with E-state index in [4.69, 9.17) is 4.74 Å². The van der Waals surface area contributed by atoms with Gasteiger partial charge in [-0.3, -0.25) is 4.98 Å². The van der Waals surface area contributed by atoms with Gasteiger partial charge in [-0.2, -0.15) is 0 Å². The van der Waals surface area contributed by atoms with Gasteiger partial charge in [-0.25, -0.2) is 15.0 Å². The van der Waals surface area contributed by atoms with Gasteiger partial charge in [0.1, 0.15) is 17.0 Å². The number of anilines is 1. The van der Waals surface area contributed by atoms with E-state index in [9.17, 15) is 0 Å². The summed E-state index contributed by atoms with van der Waals surface area (Å²) in [5, 5.41) is 1.20. The average Bonchev–Trinajstić information content (AvgIpc) is 3.19. The Balaban J connectivity index is 1.49. The number of hydrogen-bond donors (Lipinski definition) is 0. The normalized spacial score (nSPS) is 17.6. The minimum atomic E-state index is 0.470. The predicted molar refractivity (Wildman–Crippen MR) is 94.7 cm³/mol. The zero-order valence-corrected chi connectivity index (χ0v) is 14.6. The van der Waals surface area contributed by atoms with Crippen molar-refractivity contribution in [3.63, 3.8) is 0 Å². The molecule has 0 aliphatic carbocycles. The van der Waals surface area contributed by atoms with Gasteiger partial charge < -0.3 is 9.64 Å². The lowest BCUT2D eigenvalue weighted by atomic mass is 10.1. The molecule has 7 heteroatoms. The number of fused-ring (bicyclic) bond motifs is 1. The maximum Gasteiger partial charge on any atom is 0.232 e. The Morgan fingerprint density at radius 1 is 1.25 bits per heavy atom. The van der Waals surface area contributed by atoms with Crippen molar-refractivity contribution < 1.29 is 4.74 Å². The zero-order valence-electron chi connectivity index (χ0n) is 13.8. The third-order valence-electron chi connectivity index (χ3n) is 4.54. The molecule has 6 nitrogen and oxygen atoms in total. The summed E-state index contributed by atoms with van der Waals surface area (Å²) in [6, 6.07) is 0. The molecule has 1 fully saturated rings. The van der Waals surface area contributed by atoms with Gasteiger partial charge in [0.05, 0.1) is 18.2 Å². The molecule has 124 valence electrons. The molecule has 1 aliphatic heterocycles. The van der Waals surface area contributed by atoms with Crippen molar-refractivity contribution in [2.75, 3.05) is 24.6 Å². The number of rotatable bonds is 4. The van der Waals surface area contributed by atoms with Crippen LogP contribution < -0.4 is 9.64 Å². The topological polar surface area (TPSA) is 64.0 Å². The fourth-order valence-electron chi connectivity index (χ4n) is 3.13. The summed E-state index contributed by atoms with van der Waals surface area (Å²) in [7, 11) is 0. The summed E-state index contributed by atoms with van der Waals surface area (Å²) in [5.41, 5.74) is 1.30. The van der Waals surface area contributed by atoms with Crippen LogP contribution in [0.25, 0.3) is 10.2 Å². The molecule has 0 bridgehead atoms. The van der Waals surface area contributed by atoms with Crippen molar-refractivity contribution in [3.8, 4) is 5.88 Å². The third-order valence-corrected chi connectivity index (χ3v) is 5.65. The van der Waals surface area contributed by atoms with Crippen LogP contribution in [0.1, 0.15) is 16.9 Å². The van der Waals surface area contributed by atoms with E-state index in [0.29, 0.717) is 18.4 Å². The van der Waals surface area contributed by atoms with Crippen LogP contribution in [0.3, 0.4) is 0 Å². The van der Waals surface area contributed by atoms with Crippen LogP contribution in [-0.4, -0.2) is 39.6 Å². The van der Waals surface area contributed by atoms with Crippen molar-refractivity contribution in [2.24, 2.45) is 5.92 Å². The van der Waals surface area contributed by atoms with Crippen molar-refractivity contribution in [1.29, 1.82) is 0 Å². The fraction of sp³-hybridized carbons (Fsp3) is 0.412. The van der Waals surface area contributed by atoms with Crippen LogP contribution in [0.4, 0.5) is 5.82 Å². The molecule has 1 atom stereocenters. The molecule has 0 spiro atoms. The Labute approximate surface area is 144 Å². The molecule has 0 N–H and O–H groups in total. The molecule has 4 heterocycles. The van der Waals surface area contributed by atoms with Crippen molar-refractivity contribution in [2.45, 2.75) is 20.3 Å². The van der Waals surface area contributed by atoms with Gasteiger partial charge in [0.2, 0.25) is 5.88 Å². The summed E-state index contributed by atoms with van der Waals surface area (Å²) >= 11 is 1.74. The Hall–Kier alpha value is -2.28. The summed E-state index contributed by atoms with van der Waals surface area (Å²) < 4.78 is 5.76. The minimum absolute atomic E-state index is 0.470. The Kier molecular flexibility index (Phi) is 4.02. The second-order valence-electron chi connectivity index (χ2n) is 6.12. The van der Waals surface area contributed by atoms with Gasteiger partial charge in [-0.05, 0) is 25.8 Å². The molecule has 0 amide bonds. The first-order chi connectivity index (χ1) is 11.7. The van der Waals surface area contributed by atoms with E-state index < -0.39 is 0 Å². The molecular weight excluding hydrogens is 322 g/mol. The van der Waals surface area contributed by atoms with E-state index in [1.807, 2.05) is 0 Å². The van der Waals surface area contributed by atoms with E-state index >= 15 is 0 Å². The number of nitrogens with zero attached hydrogens (tertiary/aromatic N) is 5. The van der Waals surface area contributed by atoms with Crippen LogP contribution in [-0.2, 0) is 0 Å². The summed E-state index contributed by atoms with van der Waals surface area (Å²) in [5.74, 6) is 2.12. The highest BCUT2D eigenvalue weighted by atomic mass is 32.1. The lowest BCUT2D eigenvalue weighted by molar-refractivity contribution is 0.251. The first kappa shape index (κ1) is 15.3. The van der Waals surface area contributed by atoms with Gasteiger partial charge in [0, 0.05) is 36.3 Å². The van der Waals surface area contributed by atoms with E-state index in [0.717, 1.165) is 30.2 Å². The van der Waals surface area contributed by atoms with Crippen molar-refractivity contribution in [3.05, 3.63) is 35.4 Å². The first-order valence-electron chi connectivity index (χ1n) is 8.07. The highest BCUT2D eigenvalue weighted by Gasteiger charge is 2.26. The standard InChI is InChI=1S/C17H19N5OS/c1-11-12(2)24-17-15(11)16(20-10-21-17)22-6-3-13(8-22)9-23-14-7-18-4-5-19-14/h4-5,7,10,13H,3,6,8-9H2,1-2H3. The molecule has 0 saturated carbocycles. The minimum Gasteiger partial charge on any atom is -0.476 e. The van der Waals surface area contributed by atoms with Gasteiger partial charge in [-0.15, -0.1) is 11.3 Å². The molecule has 0 aromatic carbocycles. The van der Waals surface area contributed by atoms with E-state index in [2.05, 4.69) is 38.7 Å². The van der Waals surface area contributed by atoms with Gasteiger partial charge >= 0.3 is 0 Å². The van der Waals surface area contributed by atoms with E-state index in [1.165, 1.54) is 15.8 Å². The molecular formula is C17H19N5OS. The predicted octanol–water partition coefficient (Wildman–Crippen LogP) is 3.00. The molecule has 1 unspecified atom stereocenters. The molecule has 4 rings (SSSR count). The summed E-state index contributed by atoms with van der Waals surface area (Å²) in [6.07, 6.45) is 7.72. The van der Waals surface area contributed by atoms with E-state index in [-0.39, 0.29) is 0 Å². The number of hydrogen-bond acceptors (Lipinski definition) is 7. The van der Waals surface area contributed by atoms with Crippen LogP contribution in [0.2, 0.25) is 0 Å². The lowest BCUT2D eigenvalue weighted by Gasteiger charge is -2.18.